The van der Waals surface area contributed by atoms with E-state index in [1.165, 1.54) is 44.9 Å². The molecule has 112 valence electrons. The molecule has 3 heteroatoms. The monoisotopic (exact) mass is 268 g/mol. The van der Waals surface area contributed by atoms with Crippen LogP contribution < -0.4 is 5.43 Å². The van der Waals surface area contributed by atoms with E-state index in [1.807, 2.05) is 13.8 Å². The van der Waals surface area contributed by atoms with Gasteiger partial charge in [0.2, 0.25) is 5.91 Å². The van der Waals surface area contributed by atoms with Crippen LogP contribution in [0.3, 0.4) is 0 Å². The topological polar surface area (TPSA) is 41.5 Å². The molecule has 0 atom stereocenters. The average Bonchev–Trinajstić information content (AvgIpc) is 2.42. The van der Waals surface area contributed by atoms with Crippen LogP contribution in [0.15, 0.2) is 5.10 Å². The highest BCUT2D eigenvalue weighted by Crippen LogP contribution is 2.10. The van der Waals surface area contributed by atoms with Crippen LogP contribution in [0, 0.1) is 0 Å². The summed E-state index contributed by atoms with van der Waals surface area (Å²) < 4.78 is 0. The molecular weight excluding hydrogens is 236 g/mol. The Morgan fingerprint density at radius 2 is 1.42 bits per heavy atom. The number of unbranched alkanes of at least 4 members (excludes halogenated alkanes) is 8. The summed E-state index contributed by atoms with van der Waals surface area (Å²) >= 11 is 0. The molecule has 0 aromatic carbocycles. The van der Waals surface area contributed by atoms with E-state index < -0.39 is 0 Å². The van der Waals surface area contributed by atoms with Gasteiger partial charge in [0.25, 0.3) is 0 Å². The lowest BCUT2D eigenvalue weighted by atomic mass is 10.1. The van der Waals surface area contributed by atoms with Gasteiger partial charge >= 0.3 is 0 Å². The first-order valence-corrected chi connectivity index (χ1v) is 8.02. The van der Waals surface area contributed by atoms with Crippen LogP contribution in [0.4, 0.5) is 0 Å². The number of nitrogens with zero attached hydrogens (tertiary/aromatic N) is 1. The van der Waals surface area contributed by atoms with E-state index in [-0.39, 0.29) is 5.91 Å². The lowest BCUT2D eigenvalue weighted by Gasteiger charge is -2.02. The number of nitrogens with one attached hydrogen (secondary N) is 1. The summed E-state index contributed by atoms with van der Waals surface area (Å²) in [5.41, 5.74) is 3.58. The zero-order chi connectivity index (χ0) is 14.3. The molecule has 0 aliphatic heterocycles. The van der Waals surface area contributed by atoms with Crippen molar-refractivity contribution in [3.05, 3.63) is 0 Å². The molecule has 1 amide bonds. The molecule has 0 unspecified atom stereocenters. The first-order valence-electron chi connectivity index (χ1n) is 8.02. The van der Waals surface area contributed by atoms with Crippen LogP contribution in [0.2, 0.25) is 0 Å². The third kappa shape index (κ3) is 13.4. The maximum atomic E-state index is 11.5. The Morgan fingerprint density at radius 1 is 0.895 bits per heavy atom. The van der Waals surface area contributed by atoms with Gasteiger partial charge in [0.15, 0.2) is 0 Å². The number of hydrazone groups is 1. The summed E-state index contributed by atoms with van der Waals surface area (Å²) in [5, 5.41) is 4.02. The Kier molecular flexibility index (Phi) is 13.0. The van der Waals surface area contributed by atoms with E-state index in [4.69, 9.17) is 0 Å². The Hall–Kier alpha value is -0.860. The molecule has 0 saturated carbocycles. The summed E-state index contributed by atoms with van der Waals surface area (Å²) in [6, 6.07) is 0. The van der Waals surface area contributed by atoms with Gasteiger partial charge in [0.05, 0.1) is 0 Å². The quantitative estimate of drug-likeness (QED) is 0.308. The van der Waals surface area contributed by atoms with E-state index in [0.717, 1.165) is 25.0 Å². The average molecular weight is 268 g/mol. The highest BCUT2D eigenvalue weighted by atomic mass is 16.2. The first-order chi connectivity index (χ1) is 9.20. The standard InChI is InChI=1S/C16H32N2O/c1-4-6-7-8-9-10-11-12-13-14-16(19)18-17-15(3)5-2/h4-14H2,1-3H3,(H,18,19). The fourth-order valence-electron chi connectivity index (χ4n) is 1.89. The fourth-order valence-corrected chi connectivity index (χ4v) is 1.89. The first kappa shape index (κ1) is 18.1. The van der Waals surface area contributed by atoms with Crippen molar-refractivity contribution in [2.45, 2.75) is 91.4 Å². The van der Waals surface area contributed by atoms with Crippen molar-refractivity contribution in [1.82, 2.24) is 5.43 Å². The summed E-state index contributed by atoms with van der Waals surface area (Å²) in [4.78, 5) is 11.5. The summed E-state index contributed by atoms with van der Waals surface area (Å²) in [7, 11) is 0. The van der Waals surface area contributed by atoms with Crippen molar-refractivity contribution in [1.29, 1.82) is 0 Å². The Balaban J connectivity index is 3.28. The van der Waals surface area contributed by atoms with Crippen molar-refractivity contribution in [2.75, 3.05) is 0 Å². The Morgan fingerprint density at radius 3 is 1.95 bits per heavy atom. The van der Waals surface area contributed by atoms with E-state index >= 15 is 0 Å². The molecule has 0 saturated heterocycles. The van der Waals surface area contributed by atoms with Gasteiger partial charge in [-0.05, 0) is 19.8 Å². The van der Waals surface area contributed by atoms with Crippen LogP contribution in [0.25, 0.3) is 0 Å². The lowest BCUT2D eigenvalue weighted by molar-refractivity contribution is -0.121. The number of hydrogen-bond donors (Lipinski definition) is 1. The Labute approximate surface area is 119 Å². The maximum Gasteiger partial charge on any atom is 0.240 e. The van der Waals surface area contributed by atoms with E-state index in [1.54, 1.807) is 0 Å². The summed E-state index contributed by atoms with van der Waals surface area (Å²) in [6.45, 7) is 6.21. The molecule has 0 heterocycles. The van der Waals surface area contributed by atoms with E-state index in [0.29, 0.717) is 6.42 Å². The van der Waals surface area contributed by atoms with Crippen LogP contribution in [0.5, 0.6) is 0 Å². The minimum atomic E-state index is 0.0516. The van der Waals surface area contributed by atoms with Gasteiger partial charge in [-0.25, -0.2) is 5.43 Å². The molecule has 19 heavy (non-hydrogen) atoms. The predicted molar refractivity (Wildman–Crippen MR) is 83.4 cm³/mol. The number of carbonyl (C=O) groups is 1. The molecule has 1 N–H and O–H groups in total. The molecule has 0 aliphatic carbocycles. The second kappa shape index (κ2) is 13.6. The smallest absolute Gasteiger partial charge is 0.240 e. The molecule has 0 aliphatic rings. The van der Waals surface area contributed by atoms with Gasteiger partial charge in [-0.15, -0.1) is 0 Å². The summed E-state index contributed by atoms with van der Waals surface area (Å²) in [5.74, 6) is 0.0516. The zero-order valence-electron chi connectivity index (χ0n) is 13.1. The highest BCUT2D eigenvalue weighted by Gasteiger charge is 1.99. The third-order valence-electron chi connectivity index (χ3n) is 3.39. The molecular formula is C16H32N2O. The highest BCUT2D eigenvalue weighted by molar-refractivity contribution is 5.84. The number of hydrogen-bond acceptors (Lipinski definition) is 2. The summed E-state index contributed by atoms with van der Waals surface area (Å²) in [6.07, 6.45) is 13.0. The number of rotatable bonds is 12. The molecule has 0 fully saturated rings. The maximum absolute atomic E-state index is 11.5. The van der Waals surface area contributed by atoms with Gasteiger partial charge in [-0.2, -0.15) is 5.10 Å². The van der Waals surface area contributed by atoms with Crippen molar-refractivity contribution < 1.29 is 4.79 Å². The van der Waals surface area contributed by atoms with Crippen molar-refractivity contribution in [3.63, 3.8) is 0 Å². The lowest BCUT2D eigenvalue weighted by Crippen LogP contribution is -2.18. The molecule has 0 aromatic rings. The minimum absolute atomic E-state index is 0.0516. The molecule has 0 radical (unpaired) electrons. The fraction of sp³-hybridized carbons (Fsp3) is 0.875. The third-order valence-corrected chi connectivity index (χ3v) is 3.39. The van der Waals surface area contributed by atoms with Gasteiger partial charge in [-0.1, -0.05) is 65.2 Å². The van der Waals surface area contributed by atoms with Crippen LogP contribution in [0.1, 0.15) is 91.4 Å². The van der Waals surface area contributed by atoms with Crippen molar-refractivity contribution in [2.24, 2.45) is 5.10 Å². The molecule has 3 nitrogen and oxygen atoms in total. The van der Waals surface area contributed by atoms with Crippen molar-refractivity contribution in [3.8, 4) is 0 Å². The second-order valence-corrected chi connectivity index (χ2v) is 5.31. The van der Waals surface area contributed by atoms with Gasteiger partial charge < -0.3 is 0 Å². The van der Waals surface area contributed by atoms with Crippen LogP contribution >= 0.6 is 0 Å². The zero-order valence-corrected chi connectivity index (χ0v) is 13.1. The van der Waals surface area contributed by atoms with E-state index in [2.05, 4.69) is 17.5 Å². The van der Waals surface area contributed by atoms with Gasteiger partial charge in [-0.3, -0.25) is 4.79 Å². The normalized spacial score (nSPS) is 11.6. The largest absolute Gasteiger partial charge is 0.273 e. The number of amides is 1. The van der Waals surface area contributed by atoms with Gasteiger partial charge in [0, 0.05) is 12.1 Å². The SMILES string of the molecule is CCCCCCCCCCCC(=O)NN=C(C)CC. The van der Waals surface area contributed by atoms with Crippen molar-refractivity contribution >= 4 is 11.6 Å². The van der Waals surface area contributed by atoms with E-state index in [9.17, 15) is 4.79 Å². The molecule has 0 rings (SSSR count). The molecule has 0 bridgehead atoms. The molecule has 0 aromatic heterocycles. The minimum Gasteiger partial charge on any atom is -0.273 e. The van der Waals surface area contributed by atoms with Crippen LogP contribution in [-0.2, 0) is 4.79 Å². The predicted octanol–water partition coefficient (Wildman–Crippen LogP) is 4.81. The Bertz CT molecular complexity index is 249. The van der Waals surface area contributed by atoms with Gasteiger partial charge in [0.1, 0.15) is 0 Å². The molecule has 0 spiro atoms. The van der Waals surface area contributed by atoms with Crippen LogP contribution in [-0.4, -0.2) is 11.6 Å². The second-order valence-electron chi connectivity index (χ2n) is 5.31. The number of carbonyl (C=O) groups excluding carboxylic acids is 1.